The Morgan fingerprint density at radius 1 is 1.03 bits per heavy atom. The molecule has 8 heteroatoms. The lowest BCUT2D eigenvalue weighted by Crippen LogP contribution is -2.55. The standard InChI is InChI=1S/C27H45N3O5/c1-9-14-19(5)28-24(32)23(20-15-12-13-16-21(20)31)30(17-10-2)25(33)22(18(4)11-3)29-26(34)35-27(6,7)8/h12-13,15-16,18-19,22-23,31H,9-11,14,17H2,1-8H3,(H,28,32)(H,29,34). The zero-order valence-electron chi connectivity index (χ0n) is 22.7. The van der Waals surface area contributed by atoms with E-state index in [4.69, 9.17) is 4.74 Å². The molecular weight excluding hydrogens is 446 g/mol. The van der Waals surface area contributed by atoms with E-state index in [2.05, 4.69) is 10.6 Å². The van der Waals surface area contributed by atoms with Gasteiger partial charge in [-0.1, -0.05) is 58.7 Å². The monoisotopic (exact) mass is 491 g/mol. The molecule has 0 aliphatic carbocycles. The molecule has 1 aromatic rings. The van der Waals surface area contributed by atoms with Gasteiger partial charge < -0.3 is 25.4 Å². The normalized spacial score (nSPS) is 14.9. The van der Waals surface area contributed by atoms with Gasteiger partial charge >= 0.3 is 6.09 Å². The van der Waals surface area contributed by atoms with Gasteiger partial charge in [-0.3, -0.25) is 9.59 Å². The predicted molar refractivity (Wildman–Crippen MR) is 138 cm³/mol. The van der Waals surface area contributed by atoms with E-state index in [1.165, 1.54) is 11.0 Å². The van der Waals surface area contributed by atoms with E-state index < -0.39 is 29.7 Å². The summed E-state index contributed by atoms with van der Waals surface area (Å²) >= 11 is 0. The van der Waals surface area contributed by atoms with E-state index in [1.54, 1.807) is 39.0 Å². The molecule has 0 saturated carbocycles. The van der Waals surface area contributed by atoms with Crippen molar-refractivity contribution in [2.75, 3.05) is 6.54 Å². The van der Waals surface area contributed by atoms with Crippen molar-refractivity contribution >= 4 is 17.9 Å². The van der Waals surface area contributed by atoms with Gasteiger partial charge in [0.1, 0.15) is 23.4 Å². The maximum absolute atomic E-state index is 14.0. The zero-order chi connectivity index (χ0) is 26.8. The summed E-state index contributed by atoms with van der Waals surface area (Å²) in [4.78, 5) is 41.6. The topological polar surface area (TPSA) is 108 Å². The maximum Gasteiger partial charge on any atom is 0.408 e. The lowest BCUT2D eigenvalue weighted by Gasteiger charge is -2.36. The van der Waals surface area contributed by atoms with Crippen molar-refractivity contribution in [3.05, 3.63) is 29.8 Å². The summed E-state index contributed by atoms with van der Waals surface area (Å²) in [5.41, 5.74) is -0.375. The van der Waals surface area contributed by atoms with Crippen LogP contribution in [0.25, 0.3) is 0 Å². The van der Waals surface area contributed by atoms with Crippen molar-refractivity contribution in [1.82, 2.24) is 15.5 Å². The number of nitrogens with one attached hydrogen (secondary N) is 2. The second kappa shape index (κ2) is 14.0. The number of benzene rings is 1. The fourth-order valence-corrected chi connectivity index (χ4v) is 3.90. The Kier molecular flexibility index (Phi) is 12.1. The number of phenolic OH excluding ortho intramolecular Hbond substituents is 1. The molecule has 0 radical (unpaired) electrons. The molecule has 3 N–H and O–H groups in total. The number of aromatic hydroxyl groups is 1. The number of alkyl carbamates (subject to hydrolysis) is 1. The van der Waals surface area contributed by atoms with Gasteiger partial charge in [0.2, 0.25) is 11.8 Å². The molecule has 4 unspecified atom stereocenters. The van der Waals surface area contributed by atoms with E-state index in [9.17, 15) is 19.5 Å². The lowest BCUT2D eigenvalue weighted by molar-refractivity contribution is -0.143. The average molecular weight is 492 g/mol. The summed E-state index contributed by atoms with van der Waals surface area (Å²) in [6.45, 7) is 15.2. The van der Waals surface area contributed by atoms with E-state index in [1.807, 2.05) is 34.6 Å². The molecule has 0 heterocycles. The Bertz CT molecular complexity index is 836. The van der Waals surface area contributed by atoms with Crippen molar-refractivity contribution in [3.63, 3.8) is 0 Å². The number of hydrogen-bond donors (Lipinski definition) is 3. The SMILES string of the molecule is CCCC(C)NC(=O)C(c1ccccc1O)N(CCC)C(=O)C(NC(=O)OC(C)(C)C)C(C)CC. The maximum atomic E-state index is 14.0. The number of rotatable bonds is 12. The molecule has 0 saturated heterocycles. The third kappa shape index (κ3) is 9.42. The first-order valence-corrected chi connectivity index (χ1v) is 12.7. The van der Waals surface area contributed by atoms with Gasteiger partial charge in [-0.25, -0.2) is 4.79 Å². The molecule has 4 atom stereocenters. The average Bonchev–Trinajstić information content (AvgIpc) is 2.76. The number of para-hydroxylation sites is 1. The van der Waals surface area contributed by atoms with Crippen LogP contribution in [-0.2, 0) is 14.3 Å². The number of ether oxygens (including phenoxy) is 1. The van der Waals surface area contributed by atoms with Crippen LogP contribution in [0.2, 0.25) is 0 Å². The molecule has 0 bridgehead atoms. The Morgan fingerprint density at radius 3 is 2.17 bits per heavy atom. The summed E-state index contributed by atoms with van der Waals surface area (Å²) in [6.07, 6.45) is 2.22. The van der Waals surface area contributed by atoms with Crippen LogP contribution in [0.5, 0.6) is 5.75 Å². The Labute approximate surface area is 210 Å². The highest BCUT2D eigenvalue weighted by molar-refractivity contribution is 5.92. The molecule has 8 nitrogen and oxygen atoms in total. The summed E-state index contributed by atoms with van der Waals surface area (Å²) in [6, 6.07) is 4.52. The van der Waals surface area contributed by atoms with Crippen molar-refractivity contribution in [2.24, 2.45) is 5.92 Å². The van der Waals surface area contributed by atoms with Gasteiger partial charge in [0.25, 0.3) is 0 Å². The van der Waals surface area contributed by atoms with Crippen LogP contribution >= 0.6 is 0 Å². The molecule has 1 aromatic carbocycles. The Balaban J connectivity index is 3.47. The van der Waals surface area contributed by atoms with Crippen LogP contribution in [0.1, 0.15) is 92.7 Å². The summed E-state index contributed by atoms with van der Waals surface area (Å²) in [5.74, 6) is -1.03. The molecule has 0 spiro atoms. The van der Waals surface area contributed by atoms with Gasteiger partial charge in [-0.15, -0.1) is 0 Å². The molecule has 0 aliphatic heterocycles. The van der Waals surface area contributed by atoms with Crippen LogP contribution in [-0.4, -0.2) is 52.1 Å². The fourth-order valence-electron chi connectivity index (χ4n) is 3.90. The van der Waals surface area contributed by atoms with E-state index in [0.29, 0.717) is 18.4 Å². The van der Waals surface area contributed by atoms with E-state index in [0.717, 1.165) is 12.8 Å². The summed E-state index contributed by atoms with van der Waals surface area (Å²) in [5, 5.41) is 16.4. The third-order valence-corrected chi connectivity index (χ3v) is 5.80. The highest BCUT2D eigenvalue weighted by Crippen LogP contribution is 2.31. The van der Waals surface area contributed by atoms with Crippen molar-refractivity contribution in [2.45, 2.75) is 105 Å². The molecule has 198 valence electrons. The first kappa shape index (κ1) is 30.3. The molecular formula is C27H45N3O5. The van der Waals surface area contributed by atoms with Gasteiger partial charge in [0.15, 0.2) is 0 Å². The molecule has 35 heavy (non-hydrogen) atoms. The van der Waals surface area contributed by atoms with Crippen LogP contribution < -0.4 is 10.6 Å². The van der Waals surface area contributed by atoms with Crippen LogP contribution in [0, 0.1) is 5.92 Å². The first-order valence-electron chi connectivity index (χ1n) is 12.7. The highest BCUT2D eigenvalue weighted by Gasteiger charge is 2.38. The van der Waals surface area contributed by atoms with Crippen molar-refractivity contribution in [1.29, 1.82) is 0 Å². The van der Waals surface area contributed by atoms with Crippen LogP contribution in [0.4, 0.5) is 4.79 Å². The van der Waals surface area contributed by atoms with Gasteiger partial charge in [0.05, 0.1) is 0 Å². The number of phenols is 1. The van der Waals surface area contributed by atoms with Gasteiger partial charge in [-0.2, -0.15) is 0 Å². The minimum atomic E-state index is -1.05. The van der Waals surface area contributed by atoms with E-state index in [-0.39, 0.29) is 30.2 Å². The molecule has 0 aromatic heterocycles. The van der Waals surface area contributed by atoms with Crippen molar-refractivity contribution < 1.29 is 24.2 Å². The number of hydrogen-bond acceptors (Lipinski definition) is 5. The zero-order valence-corrected chi connectivity index (χ0v) is 22.7. The second-order valence-electron chi connectivity index (χ2n) is 10.2. The lowest BCUT2D eigenvalue weighted by atomic mass is 9.95. The van der Waals surface area contributed by atoms with Crippen molar-refractivity contribution in [3.8, 4) is 5.75 Å². The van der Waals surface area contributed by atoms with Crippen LogP contribution in [0.15, 0.2) is 24.3 Å². The quantitative estimate of drug-likeness (QED) is 0.385. The van der Waals surface area contributed by atoms with Gasteiger partial charge in [-0.05, 0) is 52.5 Å². The smallest absolute Gasteiger partial charge is 0.408 e. The largest absolute Gasteiger partial charge is 0.508 e. The first-order chi connectivity index (χ1) is 16.4. The number of carbonyl (C=O) groups excluding carboxylic acids is 3. The summed E-state index contributed by atoms with van der Waals surface area (Å²) < 4.78 is 5.40. The number of nitrogens with zero attached hydrogens (tertiary/aromatic N) is 1. The molecule has 0 aliphatic rings. The van der Waals surface area contributed by atoms with E-state index >= 15 is 0 Å². The molecule has 1 rings (SSSR count). The third-order valence-electron chi connectivity index (χ3n) is 5.80. The molecule has 0 fully saturated rings. The Morgan fingerprint density at radius 2 is 1.66 bits per heavy atom. The number of amides is 3. The fraction of sp³-hybridized carbons (Fsp3) is 0.667. The number of carbonyl (C=O) groups is 3. The Hall–Kier alpha value is -2.77. The predicted octanol–water partition coefficient (Wildman–Crippen LogP) is 4.92. The molecule has 3 amide bonds. The van der Waals surface area contributed by atoms with Gasteiger partial charge in [0, 0.05) is 18.2 Å². The minimum Gasteiger partial charge on any atom is -0.508 e. The van der Waals surface area contributed by atoms with Crippen LogP contribution in [0.3, 0.4) is 0 Å². The second-order valence-corrected chi connectivity index (χ2v) is 10.2. The highest BCUT2D eigenvalue weighted by atomic mass is 16.6. The summed E-state index contributed by atoms with van der Waals surface area (Å²) in [7, 11) is 0. The minimum absolute atomic E-state index is 0.0649.